The first-order chi connectivity index (χ1) is 9.80. The predicted octanol–water partition coefficient (Wildman–Crippen LogP) is 3.04. The molecule has 5 nitrogen and oxygen atoms in total. The van der Waals surface area contributed by atoms with Crippen molar-refractivity contribution >= 4 is 33.3 Å². The highest BCUT2D eigenvalue weighted by Crippen LogP contribution is 2.30. The van der Waals surface area contributed by atoms with Gasteiger partial charge in [0.05, 0.1) is 11.0 Å². The smallest absolute Gasteiger partial charge is 0.223 e. The average Bonchev–Trinajstić information content (AvgIpc) is 2.77. The Bertz CT molecular complexity index is 621. The van der Waals surface area contributed by atoms with Crippen molar-refractivity contribution in [2.24, 2.45) is 5.92 Å². The van der Waals surface area contributed by atoms with Crippen LogP contribution in [-0.2, 0) is 6.42 Å². The number of aliphatic hydroxyl groups is 1. The van der Waals surface area contributed by atoms with Crippen molar-refractivity contribution < 1.29 is 5.11 Å². The molecule has 2 aromatic rings. The Labute approximate surface area is 129 Å². The third-order valence-corrected chi connectivity index (χ3v) is 4.47. The van der Waals surface area contributed by atoms with E-state index in [-0.39, 0.29) is 5.95 Å². The highest BCUT2D eigenvalue weighted by Gasteiger charge is 2.22. The maximum Gasteiger partial charge on any atom is 0.223 e. The van der Waals surface area contributed by atoms with Crippen LogP contribution in [0.2, 0.25) is 0 Å². The van der Waals surface area contributed by atoms with Crippen LogP contribution in [0.1, 0.15) is 39.0 Å². The zero-order chi connectivity index (χ0) is 15.6. The largest absolute Gasteiger partial charge is 0.388 e. The molecule has 2 aromatic heterocycles. The first-order valence-electron chi connectivity index (χ1n) is 7.33. The maximum atomic E-state index is 10.4. The van der Waals surface area contributed by atoms with Gasteiger partial charge in [0.2, 0.25) is 5.95 Å². The van der Waals surface area contributed by atoms with E-state index in [2.05, 4.69) is 42.1 Å². The zero-order valence-electron chi connectivity index (χ0n) is 13.1. The van der Waals surface area contributed by atoms with Gasteiger partial charge >= 0.3 is 0 Å². The summed E-state index contributed by atoms with van der Waals surface area (Å²) in [4.78, 5) is 10.7. The summed E-state index contributed by atoms with van der Waals surface area (Å²) in [6.45, 7) is 8.59. The van der Waals surface area contributed by atoms with E-state index in [1.807, 2.05) is 6.92 Å². The third-order valence-electron chi connectivity index (χ3n) is 3.29. The number of aromatic nitrogens is 2. The third kappa shape index (κ3) is 4.04. The Kier molecular flexibility index (Phi) is 4.68. The van der Waals surface area contributed by atoms with Crippen molar-refractivity contribution in [3.05, 3.63) is 10.9 Å². The Morgan fingerprint density at radius 1 is 1.43 bits per heavy atom. The van der Waals surface area contributed by atoms with E-state index in [0.29, 0.717) is 18.3 Å². The SMILES string of the molecule is CCc1cc2c(NCC(C)(O)CC(C)C)nc(N)nc2s1. The van der Waals surface area contributed by atoms with E-state index in [1.165, 1.54) is 4.88 Å². The van der Waals surface area contributed by atoms with Gasteiger partial charge < -0.3 is 16.2 Å². The van der Waals surface area contributed by atoms with Gasteiger partial charge in [-0.2, -0.15) is 4.98 Å². The minimum atomic E-state index is -0.774. The molecule has 0 bridgehead atoms. The highest BCUT2D eigenvalue weighted by molar-refractivity contribution is 7.18. The zero-order valence-corrected chi connectivity index (χ0v) is 13.9. The second kappa shape index (κ2) is 6.15. The molecule has 0 aromatic carbocycles. The Hall–Kier alpha value is -1.40. The first-order valence-corrected chi connectivity index (χ1v) is 8.14. The number of nitrogens with zero attached hydrogens (tertiary/aromatic N) is 2. The van der Waals surface area contributed by atoms with E-state index in [9.17, 15) is 5.11 Å². The minimum absolute atomic E-state index is 0.262. The van der Waals surface area contributed by atoms with Gasteiger partial charge in [-0.25, -0.2) is 4.98 Å². The van der Waals surface area contributed by atoms with E-state index in [1.54, 1.807) is 11.3 Å². The molecule has 0 saturated heterocycles. The number of anilines is 2. The Morgan fingerprint density at radius 3 is 2.76 bits per heavy atom. The van der Waals surface area contributed by atoms with Crippen LogP contribution in [0.25, 0.3) is 10.2 Å². The van der Waals surface area contributed by atoms with Gasteiger partial charge in [-0.3, -0.25) is 0 Å². The maximum absolute atomic E-state index is 10.4. The van der Waals surface area contributed by atoms with Gasteiger partial charge in [-0.1, -0.05) is 20.8 Å². The molecule has 0 aliphatic rings. The highest BCUT2D eigenvalue weighted by atomic mass is 32.1. The van der Waals surface area contributed by atoms with Crippen molar-refractivity contribution in [2.45, 2.75) is 46.1 Å². The van der Waals surface area contributed by atoms with Gasteiger partial charge in [0.15, 0.2) is 0 Å². The van der Waals surface area contributed by atoms with Crippen LogP contribution < -0.4 is 11.1 Å². The topological polar surface area (TPSA) is 84.1 Å². The minimum Gasteiger partial charge on any atom is -0.388 e. The van der Waals surface area contributed by atoms with Gasteiger partial charge in [-0.15, -0.1) is 11.3 Å². The van der Waals surface area contributed by atoms with Gasteiger partial charge in [0.25, 0.3) is 0 Å². The predicted molar refractivity (Wildman–Crippen MR) is 89.8 cm³/mol. The number of hydrogen-bond acceptors (Lipinski definition) is 6. The number of fused-ring (bicyclic) bond motifs is 1. The molecule has 2 rings (SSSR count). The number of nitrogens with one attached hydrogen (secondary N) is 1. The molecule has 0 aliphatic carbocycles. The summed E-state index contributed by atoms with van der Waals surface area (Å²) in [5.74, 6) is 1.40. The van der Waals surface area contributed by atoms with Gasteiger partial charge in [0.1, 0.15) is 10.6 Å². The molecule has 1 unspecified atom stereocenters. The monoisotopic (exact) mass is 308 g/mol. The first kappa shape index (κ1) is 16.0. The number of nitrogens with two attached hydrogens (primary N) is 1. The summed E-state index contributed by atoms with van der Waals surface area (Å²) in [6.07, 6.45) is 1.69. The van der Waals surface area contributed by atoms with Crippen molar-refractivity contribution in [3.63, 3.8) is 0 Å². The van der Waals surface area contributed by atoms with Gasteiger partial charge in [0, 0.05) is 11.4 Å². The van der Waals surface area contributed by atoms with Crippen molar-refractivity contribution in [3.8, 4) is 0 Å². The van der Waals surface area contributed by atoms with E-state index in [4.69, 9.17) is 5.73 Å². The molecule has 0 aliphatic heterocycles. The molecular formula is C15H24N4OS. The normalized spacial score (nSPS) is 14.6. The molecule has 0 spiro atoms. The van der Waals surface area contributed by atoms with Crippen LogP contribution in [-0.4, -0.2) is 27.2 Å². The van der Waals surface area contributed by atoms with Crippen LogP contribution in [0.5, 0.6) is 0 Å². The van der Waals surface area contributed by atoms with E-state index >= 15 is 0 Å². The molecular weight excluding hydrogens is 284 g/mol. The number of nitrogen functional groups attached to an aromatic ring is 1. The van der Waals surface area contributed by atoms with Crippen LogP contribution >= 0.6 is 11.3 Å². The lowest BCUT2D eigenvalue weighted by molar-refractivity contribution is 0.0515. The average molecular weight is 308 g/mol. The molecule has 0 amide bonds. The summed E-state index contributed by atoms with van der Waals surface area (Å²) in [6, 6.07) is 2.10. The van der Waals surface area contributed by atoms with Crippen molar-refractivity contribution in [1.82, 2.24) is 9.97 Å². The lowest BCUT2D eigenvalue weighted by atomic mass is 9.94. The van der Waals surface area contributed by atoms with Crippen molar-refractivity contribution in [1.29, 1.82) is 0 Å². The van der Waals surface area contributed by atoms with E-state index < -0.39 is 5.60 Å². The van der Waals surface area contributed by atoms with Crippen LogP contribution in [0.15, 0.2) is 6.07 Å². The molecule has 2 heterocycles. The fraction of sp³-hybridized carbons (Fsp3) is 0.600. The molecule has 21 heavy (non-hydrogen) atoms. The molecule has 4 N–H and O–H groups in total. The van der Waals surface area contributed by atoms with Gasteiger partial charge in [-0.05, 0) is 31.7 Å². The molecule has 6 heteroatoms. The Morgan fingerprint density at radius 2 is 2.14 bits per heavy atom. The van der Waals surface area contributed by atoms with Crippen LogP contribution in [0, 0.1) is 5.92 Å². The second-order valence-electron chi connectivity index (χ2n) is 6.16. The summed E-state index contributed by atoms with van der Waals surface area (Å²) in [5, 5.41) is 14.6. The summed E-state index contributed by atoms with van der Waals surface area (Å²) >= 11 is 1.64. The fourth-order valence-electron chi connectivity index (χ4n) is 2.52. The number of rotatable bonds is 6. The van der Waals surface area contributed by atoms with Crippen LogP contribution in [0.4, 0.5) is 11.8 Å². The number of hydrogen-bond donors (Lipinski definition) is 3. The van der Waals surface area contributed by atoms with E-state index in [0.717, 1.165) is 23.1 Å². The number of aryl methyl sites for hydroxylation is 1. The van der Waals surface area contributed by atoms with Crippen molar-refractivity contribution in [2.75, 3.05) is 17.6 Å². The second-order valence-corrected chi connectivity index (χ2v) is 7.28. The lowest BCUT2D eigenvalue weighted by Gasteiger charge is -2.26. The molecule has 0 saturated carbocycles. The summed E-state index contributed by atoms with van der Waals surface area (Å²) < 4.78 is 0. The molecule has 116 valence electrons. The molecule has 0 fully saturated rings. The number of thiophene rings is 1. The Balaban J connectivity index is 2.23. The lowest BCUT2D eigenvalue weighted by Crippen LogP contribution is -2.35. The summed E-state index contributed by atoms with van der Waals surface area (Å²) in [7, 11) is 0. The summed E-state index contributed by atoms with van der Waals surface area (Å²) in [5.41, 5.74) is 5.00. The standard InChI is InChI=1S/C15H24N4OS/c1-5-10-6-11-12(18-14(16)19-13(11)21-10)17-8-15(4,20)7-9(2)3/h6,9,20H,5,7-8H2,1-4H3,(H3,16,17,18,19). The van der Waals surface area contributed by atoms with Crippen LogP contribution in [0.3, 0.4) is 0 Å². The fourth-order valence-corrected chi connectivity index (χ4v) is 3.50. The molecule has 1 atom stereocenters. The molecule has 0 radical (unpaired) electrons. The quantitative estimate of drug-likeness (QED) is 0.764.